The van der Waals surface area contributed by atoms with E-state index in [1.807, 2.05) is 13.1 Å². The molecule has 0 saturated carbocycles. The summed E-state index contributed by atoms with van der Waals surface area (Å²) in [6.45, 7) is 6.70. The summed E-state index contributed by atoms with van der Waals surface area (Å²) in [4.78, 5) is 5.56. The first kappa shape index (κ1) is 12.2. The minimum absolute atomic E-state index is 0.200. The van der Waals surface area contributed by atoms with Crippen LogP contribution in [0.15, 0.2) is 10.6 Å². The molecule has 5 nitrogen and oxygen atoms in total. The van der Waals surface area contributed by atoms with Gasteiger partial charge in [0.2, 0.25) is 11.8 Å². The maximum Gasteiger partial charge on any atom is 0.230 e. The van der Waals surface area contributed by atoms with Gasteiger partial charge in [0.1, 0.15) is 5.01 Å². The Labute approximate surface area is 104 Å². The molecule has 2 aromatic rings. The van der Waals surface area contributed by atoms with Crippen LogP contribution in [0, 0.1) is 6.92 Å². The van der Waals surface area contributed by atoms with Crippen molar-refractivity contribution in [2.24, 2.45) is 0 Å². The summed E-state index contributed by atoms with van der Waals surface area (Å²) in [5.74, 6) is 1.31. The monoisotopic (exact) mass is 252 g/mol. The maximum absolute atomic E-state index is 5.42. The van der Waals surface area contributed by atoms with Gasteiger partial charge in [-0.3, -0.25) is 5.32 Å². The molecule has 0 unspecified atom stereocenters. The third-order valence-corrected chi connectivity index (χ3v) is 3.48. The van der Waals surface area contributed by atoms with Gasteiger partial charge < -0.3 is 4.42 Å². The van der Waals surface area contributed by atoms with E-state index in [1.54, 1.807) is 11.3 Å². The Balaban J connectivity index is 1.89. The Kier molecular flexibility index (Phi) is 3.86. The smallest absolute Gasteiger partial charge is 0.230 e. The molecule has 0 bridgehead atoms. The van der Waals surface area contributed by atoms with Crippen LogP contribution in [0.25, 0.3) is 0 Å². The molecule has 2 heterocycles. The Hall–Kier alpha value is -1.27. The van der Waals surface area contributed by atoms with E-state index in [0.29, 0.717) is 18.3 Å². The van der Waals surface area contributed by atoms with E-state index in [0.717, 1.165) is 11.4 Å². The summed E-state index contributed by atoms with van der Waals surface area (Å²) >= 11 is 1.70. The number of nitrogens with zero attached hydrogens (tertiary/aromatic N) is 3. The highest BCUT2D eigenvalue weighted by Gasteiger charge is 2.11. The van der Waals surface area contributed by atoms with Crippen molar-refractivity contribution in [3.8, 4) is 0 Å². The van der Waals surface area contributed by atoms with Gasteiger partial charge in [-0.15, -0.1) is 21.5 Å². The summed E-state index contributed by atoms with van der Waals surface area (Å²) < 4.78 is 5.42. The van der Waals surface area contributed by atoms with Crippen LogP contribution in [-0.2, 0) is 13.0 Å². The average molecular weight is 252 g/mol. The lowest BCUT2D eigenvalue weighted by atomic mass is 10.3. The molecule has 0 saturated heterocycles. The zero-order valence-electron chi connectivity index (χ0n) is 10.2. The molecule has 1 N–H and O–H groups in total. The summed E-state index contributed by atoms with van der Waals surface area (Å²) in [6.07, 6.45) is 2.66. The molecule has 2 aromatic heterocycles. The van der Waals surface area contributed by atoms with Gasteiger partial charge in [-0.05, 0) is 13.8 Å². The lowest BCUT2D eigenvalue weighted by Gasteiger charge is -2.08. The third kappa shape index (κ3) is 3.10. The van der Waals surface area contributed by atoms with Crippen molar-refractivity contribution in [3.05, 3.63) is 27.9 Å². The van der Waals surface area contributed by atoms with Crippen molar-refractivity contribution >= 4 is 11.3 Å². The highest BCUT2D eigenvalue weighted by atomic mass is 32.1. The Morgan fingerprint density at radius 2 is 2.18 bits per heavy atom. The number of aryl methyl sites for hydroxylation is 2. The van der Waals surface area contributed by atoms with Crippen molar-refractivity contribution in [1.82, 2.24) is 20.5 Å². The Morgan fingerprint density at radius 3 is 2.76 bits per heavy atom. The largest absolute Gasteiger partial charge is 0.424 e. The number of hydrogen-bond acceptors (Lipinski definition) is 6. The maximum atomic E-state index is 5.42. The van der Waals surface area contributed by atoms with E-state index >= 15 is 0 Å². The summed E-state index contributed by atoms with van der Waals surface area (Å²) in [6, 6.07) is 0.200. The van der Waals surface area contributed by atoms with Crippen molar-refractivity contribution in [3.63, 3.8) is 0 Å². The molecule has 17 heavy (non-hydrogen) atoms. The topological polar surface area (TPSA) is 63.8 Å². The van der Waals surface area contributed by atoms with Crippen LogP contribution in [0.4, 0.5) is 0 Å². The number of thiazole rings is 1. The number of aromatic nitrogens is 3. The van der Waals surface area contributed by atoms with Gasteiger partial charge in [0.05, 0.1) is 12.6 Å². The SMILES string of the molecule is CCc1nnc(CN[C@@H](C)c2ncc(C)s2)o1. The molecule has 2 rings (SSSR count). The number of nitrogens with one attached hydrogen (secondary N) is 1. The number of rotatable bonds is 5. The second-order valence-corrected chi connectivity index (χ2v) is 5.12. The van der Waals surface area contributed by atoms with Crippen molar-refractivity contribution in [2.45, 2.75) is 39.8 Å². The minimum atomic E-state index is 0.200. The van der Waals surface area contributed by atoms with Crippen LogP contribution in [0.5, 0.6) is 0 Å². The third-order valence-electron chi connectivity index (χ3n) is 2.38. The van der Waals surface area contributed by atoms with Gasteiger partial charge in [-0.2, -0.15) is 0 Å². The molecule has 0 fully saturated rings. The standard InChI is InChI=1S/C11H16N4OS/c1-4-9-14-15-10(16-9)6-12-8(3)11-13-5-7(2)17-11/h5,8,12H,4,6H2,1-3H3/t8-/m0/s1. The fourth-order valence-electron chi connectivity index (χ4n) is 1.40. The number of hydrogen-bond donors (Lipinski definition) is 1. The average Bonchev–Trinajstić information content (AvgIpc) is 2.94. The highest BCUT2D eigenvalue weighted by Crippen LogP contribution is 2.19. The van der Waals surface area contributed by atoms with E-state index in [9.17, 15) is 0 Å². The molecule has 0 aromatic carbocycles. The van der Waals surface area contributed by atoms with Crippen LogP contribution < -0.4 is 5.32 Å². The van der Waals surface area contributed by atoms with Crippen LogP contribution in [0.2, 0.25) is 0 Å². The second-order valence-electron chi connectivity index (χ2n) is 3.85. The Bertz CT molecular complexity index is 479. The second kappa shape index (κ2) is 5.37. The van der Waals surface area contributed by atoms with Gasteiger partial charge in [-0.1, -0.05) is 6.92 Å². The van der Waals surface area contributed by atoms with Crippen LogP contribution in [0.3, 0.4) is 0 Å². The lowest BCUT2D eigenvalue weighted by Crippen LogP contribution is -2.18. The zero-order valence-corrected chi connectivity index (χ0v) is 11.0. The first-order valence-electron chi connectivity index (χ1n) is 5.66. The van der Waals surface area contributed by atoms with E-state index < -0.39 is 0 Å². The molecule has 0 aliphatic rings. The van der Waals surface area contributed by atoms with Crippen molar-refractivity contribution in [1.29, 1.82) is 0 Å². The molecule has 92 valence electrons. The molecule has 0 spiro atoms. The lowest BCUT2D eigenvalue weighted by molar-refractivity contribution is 0.421. The zero-order chi connectivity index (χ0) is 12.3. The molecule has 1 atom stereocenters. The van der Waals surface area contributed by atoms with Crippen LogP contribution in [0.1, 0.15) is 41.6 Å². The first-order valence-corrected chi connectivity index (χ1v) is 6.47. The summed E-state index contributed by atoms with van der Waals surface area (Å²) in [7, 11) is 0. The Morgan fingerprint density at radius 1 is 1.41 bits per heavy atom. The molecule has 0 amide bonds. The highest BCUT2D eigenvalue weighted by molar-refractivity contribution is 7.11. The fourth-order valence-corrected chi connectivity index (χ4v) is 2.20. The van der Waals surface area contributed by atoms with E-state index in [2.05, 4.69) is 34.3 Å². The molecule has 0 aliphatic carbocycles. The van der Waals surface area contributed by atoms with Gasteiger partial charge in [0, 0.05) is 17.5 Å². The van der Waals surface area contributed by atoms with Crippen molar-refractivity contribution < 1.29 is 4.42 Å². The normalized spacial score (nSPS) is 12.9. The van der Waals surface area contributed by atoms with Crippen molar-refractivity contribution in [2.75, 3.05) is 0 Å². The van der Waals surface area contributed by atoms with Gasteiger partial charge in [0.15, 0.2) is 0 Å². The van der Waals surface area contributed by atoms with E-state index in [-0.39, 0.29) is 6.04 Å². The van der Waals surface area contributed by atoms with E-state index in [4.69, 9.17) is 4.42 Å². The molecule has 0 aliphatic heterocycles. The quantitative estimate of drug-likeness (QED) is 0.884. The molecular weight excluding hydrogens is 236 g/mol. The fraction of sp³-hybridized carbons (Fsp3) is 0.545. The molecular formula is C11H16N4OS. The van der Waals surface area contributed by atoms with Crippen LogP contribution in [-0.4, -0.2) is 15.2 Å². The van der Waals surface area contributed by atoms with Gasteiger partial charge in [-0.25, -0.2) is 4.98 Å². The summed E-state index contributed by atoms with van der Waals surface area (Å²) in [5.41, 5.74) is 0. The molecule has 0 radical (unpaired) electrons. The predicted molar refractivity (Wildman–Crippen MR) is 65.8 cm³/mol. The minimum Gasteiger partial charge on any atom is -0.424 e. The van der Waals surface area contributed by atoms with Gasteiger partial charge in [0.25, 0.3) is 0 Å². The molecule has 6 heteroatoms. The van der Waals surface area contributed by atoms with Crippen LogP contribution >= 0.6 is 11.3 Å². The summed E-state index contributed by atoms with van der Waals surface area (Å²) in [5, 5.41) is 12.3. The predicted octanol–water partition coefficient (Wildman–Crippen LogP) is 2.25. The van der Waals surface area contributed by atoms with Gasteiger partial charge >= 0.3 is 0 Å². The van der Waals surface area contributed by atoms with E-state index in [1.165, 1.54) is 4.88 Å². The first-order chi connectivity index (χ1) is 8.19.